The predicted molar refractivity (Wildman–Crippen MR) is 90.7 cm³/mol. The van der Waals surface area contributed by atoms with E-state index in [0.717, 1.165) is 44.2 Å². The van der Waals surface area contributed by atoms with Gasteiger partial charge in [0.25, 0.3) is 0 Å². The molecule has 1 aliphatic carbocycles. The van der Waals surface area contributed by atoms with Gasteiger partial charge in [-0.2, -0.15) is 17.9 Å². The van der Waals surface area contributed by atoms with E-state index in [9.17, 15) is 22.8 Å². The number of rotatable bonds is 3. The maximum Gasteiger partial charge on any atom is 0.416 e. The van der Waals surface area contributed by atoms with Gasteiger partial charge >= 0.3 is 17.9 Å². The first-order valence-corrected chi connectivity index (χ1v) is 8.86. The normalized spacial score (nSPS) is 15.7. The highest BCUT2D eigenvalue weighted by Crippen LogP contribution is 2.30. The minimum absolute atomic E-state index is 0.0295. The molecular formula is C17H20F3N5O2. The highest BCUT2D eigenvalue weighted by Gasteiger charge is 2.31. The van der Waals surface area contributed by atoms with Crippen LogP contribution in [0.4, 0.5) is 18.0 Å². The van der Waals surface area contributed by atoms with Crippen LogP contribution >= 0.6 is 0 Å². The molecule has 1 aromatic carbocycles. The summed E-state index contributed by atoms with van der Waals surface area (Å²) in [5.74, 6) is 0. The lowest BCUT2D eigenvalue weighted by molar-refractivity contribution is -0.137. The number of benzene rings is 1. The SMILES string of the molecule is CCN(C(=O)n1nnn(-c2cccc(C(F)(F)F)c2)c1=O)C1CCCCC1. The van der Waals surface area contributed by atoms with Gasteiger partial charge in [-0.25, -0.2) is 9.59 Å². The van der Waals surface area contributed by atoms with Crippen LogP contribution in [-0.4, -0.2) is 43.3 Å². The molecule has 0 radical (unpaired) electrons. The van der Waals surface area contributed by atoms with Gasteiger partial charge in [0.2, 0.25) is 0 Å². The molecule has 0 aliphatic heterocycles. The van der Waals surface area contributed by atoms with Crippen molar-refractivity contribution in [2.75, 3.05) is 6.54 Å². The standard InChI is InChI=1S/C17H20F3N5O2/c1-2-23(13-8-4-3-5-9-13)15(26)25-16(27)24(21-22-25)14-10-6-7-12(11-14)17(18,19)20/h6-7,10-11,13H,2-5,8-9H2,1H3. The van der Waals surface area contributed by atoms with Gasteiger partial charge in [0.1, 0.15) is 0 Å². The lowest BCUT2D eigenvalue weighted by Crippen LogP contribution is -2.46. The van der Waals surface area contributed by atoms with Crippen molar-refractivity contribution in [2.24, 2.45) is 0 Å². The van der Waals surface area contributed by atoms with Crippen LogP contribution in [0.1, 0.15) is 44.6 Å². The molecule has 3 rings (SSSR count). The number of hydrogen-bond acceptors (Lipinski definition) is 4. The van der Waals surface area contributed by atoms with E-state index < -0.39 is 23.5 Å². The van der Waals surface area contributed by atoms with Crippen molar-refractivity contribution in [3.63, 3.8) is 0 Å². The molecule has 0 bridgehead atoms. The number of alkyl halides is 3. The summed E-state index contributed by atoms with van der Waals surface area (Å²) in [6.07, 6.45) is 0.312. The molecule has 1 aliphatic rings. The minimum atomic E-state index is -4.55. The van der Waals surface area contributed by atoms with E-state index in [-0.39, 0.29) is 11.7 Å². The maximum atomic E-state index is 12.9. The summed E-state index contributed by atoms with van der Waals surface area (Å²) in [5.41, 5.74) is -1.91. The molecule has 2 aromatic rings. The van der Waals surface area contributed by atoms with Gasteiger partial charge in [-0.15, -0.1) is 4.68 Å². The van der Waals surface area contributed by atoms with E-state index in [0.29, 0.717) is 15.9 Å². The Morgan fingerprint density at radius 2 is 1.93 bits per heavy atom. The molecule has 27 heavy (non-hydrogen) atoms. The third-order valence-corrected chi connectivity index (χ3v) is 4.78. The summed E-state index contributed by atoms with van der Waals surface area (Å²) in [5, 5.41) is 7.19. The van der Waals surface area contributed by atoms with Crippen molar-refractivity contribution in [3.8, 4) is 5.69 Å². The highest BCUT2D eigenvalue weighted by atomic mass is 19.4. The second-order valence-electron chi connectivity index (χ2n) is 6.49. The fourth-order valence-corrected chi connectivity index (χ4v) is 3.41. The molecule has 7 nitrogen and oxygen atoms in total. The predicted octanol–water partition coefficient (Wildman–Crippen LogP) is 3.07. The molecule has 1 amide bonds. The number of carbonyl (C=O) groups excluding carboxylic acids is 1. The summed E-state index contributed by atoms with van der Waals surface area (Å²) in [6, 6.07) is 3.59. The Labute approximate surface area is 153 Å². The van der Waals surface area contributed by atoms with E-state index in [1.54, 1.807) is 4.90 Å². The van der Waals surface area contributed by atoms with E-state index in [1.165, 1.54) is 12.1 Å². The maximum absolute atomic E-state index is 12.9. The Morgan fingerprint density at radius 1 is 1.22 bits per heavy atom. The Morgan fingerprint density at radius 3 is 2.56 bits per heavy atom. The summed E-state index contributed by atoms with van der Waals surface area (Å²) in [4.78, 5) is 26.9. The van der Waals surface area contributed by atoms with Crippen LogP contribution in [0, 0.1) is 0 Å². The van der Waals surface area contributed by atoms with Crippen molar-refractivity contribution in [1.29, 1.82) is 0 Å². The van der Waals surface area contributed by atoms with Crippen LogP contribution in [0.2, 0.25) is 0 Å². The number of carbonyl (C=O) groups is 1. The van der Waals surface area contributed by atoms with Crippen LogP contribution in [0.25, 0.3) is 5.69 Å². The molecule has 0 unspecified atom stereocenters. The van der Waals surface area contributed by atoms with Crippen molar-refractivity contribution < 1.29 is 18.0 Å². The monoisotopic (exact) mass is 383 g/mol. The van der Waals surface area contributed by atoms with E-state index in [4.69, 9.17) is 0 Å². The molecule has 1 heterocycles. The van der Waals surface area contributed by atoms with Gasteiger partial charge in [-0.3, -0.25) is 0 Å². The Balaban J connectivity index is 1.91. The summed E-state index contributed by atoms with van der Waals surface area (Å²) in [6.45, 7) is 2.22. The third-order valence-electron chi connectivity index (χ3n) is 4.78. The number of halogens is 3. The van der Waals surface area contributed by atoms with Crippen LogP contribution < -0.4 is 5.69 Å². The zero-order valence-electron chi connectivity index (χ0n) is 14.8. The largest absolute Gasteiger partial charge is 0.416 e. The minimum Gasteiger partial charge on any atom is -0.320 e. The molecule has 0 spiro atoms. The van der Waals surface area contributed by atoms with Gasteiger partial charge in [0, 0.05) is 12.6 Å². The molecule has 0 atom stereocenters. The molecule has 1 aromatic heterocycles. The molecule has 0 saturated heterocycles. The number of nitrogens with zero attached hydrogens (tertiary/aromatic N) is 5. The topological polar surface area (TPSA) is 73.0 Å². The Hall–Kier alpha value is -2.65. The van der Waals surface area contributed by atoms with Gasteiger partial charge in [0.05, 0.1) is 11.3 Å². The zero-order valence-corrected chi connectivity index (χ0v) is 14.8. The van der Waals surface area contributed by atoms with Crippen molar-refractivity contribution in [1.82, 2.24) is 24.7 Å². The average Bonchev–Trinajstić information content (AvgIpc) is 3.04. The lowest BCUT2D eigenvalue weighted by Gasteiger charge is -2.32. The molecule has 1 fully saturated rings. The number of amides is 1. The smallest absolute Gasteiger partial charge is 0.320 e. The fourth-order valence-electron chi connectivity index (χ4n) is 3.41. The zero-order chi connectivity index (χ0) is 19.6. The first kappa shape index (κ1) is 19.1. The van der Waals surface area contributed by atoms with Crippen molar-refractivity contribution in [2.45, 2.75) is 51.2 Å². The average molecular weight is 383 g/mol. The van der Waals surface area contributed by atoms with E-state index in [1.807, 2.05) is 6.92 Å². The van der Waals surface area contributed by atoms with Crippen LogP contribution in [0.5, 0.6) is 0 Å². The van der Waals surface area contributed by atoms with Gasteiger partial charge < -0.3 is 4.90 Å². The Bertz CT molecular complexity index is 868. The van der Waals surface area contributed by atoms with E-state index >= 15 is 0 Å². The van der Waals surface area contributed by atoms with Gasteiger partial charge in [-0.05, 0) is 48.4 Å². The first-order valence-electron chi connectivity index (χ1n) is 8.86. The third kappa shape index (κ3) is 3.88. The number of tetrazole rings is 1. The van der Waals surface area contributed by atoms with Crippen LogP contribution in [0.15, 0.2) is 29.1 Å². The molecule has 146 valence electrons. The van der Waals surface area contributed by atoms with Crippen LogP contribution in [-0.2, 0) is 6.18 Å². The molecular weight excluding hydrogens is 363 g/mol. The van der Waals surface area contributed by atoms with E-state index in [2.05, 4.69) is 10.4 Å². The fraction of sp³-hybridized carbons (Fsp3) is 0.529. The quantitative estimate of drug-likeness (QED) is 0.764. The lowest BCUT2D eigenvalue weighted by atomic mass is 9.94. The highest BCUT2D eigenvalue weighted by molar-refractivity contribution is 5.75. The number of aromatic nitrogens is 4. The van der Waals surface area contributed by atoms with Gasteiger partial charge in [0.15, 0.2) is 0 Å². The second kappa shape index (κ2) is 7.53. The van der Waals surface area contributed by atoms with Crippen molar-refractivity contribution >= 4 is 6.03 Å². The van der Waals surface area contributed by atoms with Gasteiger partial charge in [-0.1, -0.05) is 25.3 Å². The Kier molecular flexibility index (Phi) is 5.33. The summed E-state index contributed by atoms with van der Waals surface area (Å²) >= 11 is 0. The number of hydrogen-bond donors (Lipinski definition) is 0. The first-order chi connectivity index (χ1) is 12.8. The molecule has 0 N–H and O–H groups in total. The van der Waals surface area contributed by atoms with Crippen molar-refractivity contribution in [3.05, 3.63) is 40.3 Å². The molecule has 10 heteroatoms. The summed E-state index contributed by atoms with van der Waals surface area (Å²) < 4.78 is 40.0. The van der Waals surface area contributed by atoms with Crippen LogP contribution in [0.3, 0.4) is 0 Å². The summed E-state index contributed by atoms with van der Waals surface area (Å²) in [7, 11) is 0. The second-order valence-corrected chi connectivity index (χ2v) is 6.49. The molecule has 1 saturated carbocycles.